The lowest BCUT2D eigenvalue weighted by atomic mass is 9.99. The van der Waals surface area contributed by atoms with Crippen molar-refractivity contribution in [2.45, 2.75) is 37.6 Å². The molecule has 0 amide bonds. The van der Waals surface area contributed by atoms with Gasteiger partial charge in [-0.1, -0.05) is 29.5 Å². The van der Waals surface area contributed by atoms with Crippen LogP contribution in [0.25, 0.3) is 10.3 Å². The lowest BCUT2D eigenvalue weighted by Gasteiger charge is -2.22. The van der Waals surface area contributed by atoms with Crippen molar-refractivity contribution in [1.29, 1.82) is 0 Å². The smallest absolute Gasteiger partial charge is 0.280 e. The number of Topliss-reactive ketones (excluding diaryl/α,β-unsaturated/α-hetero) is 1. The molecule has 0 aliphatic carbocycles. The number of ketones is 1. The lowest BCUT2D eigenvalue weighted by molar-refractivity contribution is -0.122. The number of para-hydroxylation sites is 1. The number of thiazole rings is 1. The summed E-state index contributed by atoms with van der Waals surface area (Å²) in [5, 5.41) is 0.685. The minimum Gasteiger partial charge on any atom is -0.486 e. The third kappa shape index (κ3) is 4.02. The fourth-order valence-electron chi connectivity index (χ4n) is 4.50. The Morgan fingerprint density at radius 2 is 1.97 bits per heavy atom. The van der Waals surface area contributed by atoms with Crippen LogP contribution in [0.1, 0.15) is 37.4 Å². The lowest BCUT2D eigenvalue weighted by Crippen LogP contribution is -2.38. The summed E-state index contributed by atoms with van der Waals surface area (Å²) >= 11 is 1.40. The molecule has 0 saturated carbocycles. The Morgan fingerprint density at radius 1 is 1.19 bits per heavy atom. The Bertz CT molecular complexity index is 1170. The van der Waals surface area contributed by atoms with Gasteiger partial charge in [0.25, 0.3) is 5.56 Å². The van der Waals surface area contributed by atoms with Gasteiger partial charge in [0.2, 0.25) is 0 Å². The van der Waals surface area contributed by atoms with E-state index in [4.69, 9.17) is 14.5 Å². The summed E-state index contributed by atoms with van der Waals surface area (Å²) in [5.41, 5.74) is 0.246. The third-order valence-electron chi connectivity index (χ3n) is 6.25. The SMILES string of the molecule is Cn1c(C2CCOCC2)nc2sc(N3CCCC3C(=O)COc3ccccc3)nc2c1=O. The van der Waals surface area contributed by atoms with Crippen molar-refractivity contribution in [3.8, 4) is 5.75 Å². The van der Waals surface area contributed by atoms with Crippen LogP contribution in [0.4, 0.5) is 5.13 Å². The Hall–Kier alpha value is -2.78. The van der Waals surface area contributed by atoms with Gasteiger partial charge in [-0.15, -0.1) is 0 Å². The van der Waals surface area contributed by atoms with Gasteiger partial charge in [-0.3, -0.25) is 14.2 Å². The molecule has 0 N–H and O–H groups in total. The fourth-order valence-corrected chi connectivity index (χ4v) is 5.51. The zero-order chi connectivity index (χ0) is 22.1. The average Bonchev–Trinajstić information content (AvgIpc) is 3.48. The van der Waals surface area contributed by atoms with Crippen molar-refractivity contribution in [1.82, 2.24) is 14.5 Å². The molecule has 32 heavy (non-hydrogen) atoms. The van der Waals surface area contributed by atoms with Gasteiger partial charge < -0.3 is 14.4 Å². The molecular formula is C23H26N4O4S. The Morgan fingerprint density at radius 3 is 2.75 bits per heavy atom. The molecule has 9 heteroatoms. The van der Waals surface area contributed by atoms with Crippen LogP contribution in [0.15, 0.2) is 35.1 Å². The molecule has 5 rings (SSSR count). The van der Waals surface area contributed by atoms with E-state index in [0.29, 0.717) is 34.4 Å². The number of carbonyl (C=O) groups excluding carboxylic acids is 1. The standard InChI is InChI=1S/C23H26N4O4S/c1-26-20(15-9-12-30-13-10-15)25-21-19(22(26)29)24-23(32-21)27-11-5-8-17(27)18(28)14-31-16-6-3-2-4-7-16/h2-4,6-7,15,17H,5,8-14H2,1H3. The Kier molecular flexibility index (Phi) is 5.93. The summed E-state index contributed by atoms with van der Waals surface area (Å²) in [4.78, 5) is 38.0. The maximum absolute atomic E-state index is 13.0. The number of anilines is 1. The van der Waals surface area contributed by atoms with E-state index in [1.165, 1.54) is 11.3 Å². The second kappa shape index (κ2) is 8.99. The van der Waals surface area contributed by atoms with Gasteiger partial charge in [0.05, 0.1) is 6.04 Å². The number of fused-ring (bicyclic) bond motifs is 1. The molecule has 168 valence electrons. The van der Waals surface area contributed by atoms with E-state index < -0.39 is 0 Å². The van der Waals surface area contributed by atoms with Crippen LogP contribution in [-0.4, -0.2) is 52.7 Å². The molecule has 2 fully saturated rings. The molecule has 0 bridgehead atoms. The molecule has 0 radical (unpaired) electrons. The van der Waals surface area contributed by atoms with Crippen molar-refractivity contribution in [3.63, 3.8) is 0 Å². The molecule has 3 aromatic rings. The topological polar surface area (TPSA) is 86.6 Å². The largest absolute Gasteiger partial charge is 0.486 e. The fraction of sp³-hybridized carbons (Fsp3) is 0.478. The van der Waals surface area contributed by atoms with Crippen molar-refractivity contribution in [2.24, 2.45) is 7.05 Å². The van der Waals surface area contributed by atoms with Gasteiger partial charge in [-0.2, -0.15) is 0 Å². The quantitative estimate of drug-likeness (QED) is 0.566. The van der Waals surface area contributed by atoms with E-state index in [-0.39, 0.29) is 29.9 Å². The van der Waals surface area contributed by atoms with Crippen molar-refractivity contribution in [3.05, 3.63) is 46.5 Å². The van der Waals surface area contributed by atoms with E-state index >= 15 is 0 Å². The maximum atomic E-state index is 13.0. The first kappa shape index (κ1) is 21.1. The Balaban J connectivity index is 1.39. The zero-order valence-electron chi connectivity index (χ0n) is 18.0. The van der Waals surface area contributed by atoms with Gasteiger partial charge in [0.1, 0.15) is 18.2 Å². The third-order valence-corrected chi connectivity index (χ3v) is 7.23. The molecular weight excluding hydrogens is 428 g/mol. The number of ether oxygens (including phenoxy) is 2. The average molecular weight is 455 g/mol. The number of nitrogens with zero attached hydrogens (tertiary/aromatic N) is 4. The molecule has 2 aliphatic rings. The summed E-state index contributed by atoms with van der Waals surface area (Å²) in [7, 11) is 1.77. The van der Waals surface area contributed by atoms with Crippen LogP contribution in [0, 0.1) is 0 Å². The highest BCUT2D eigenvalue weighted by atomic mass is 32.1. The van der Waals surface area contributed by atoms with E-state index in [0.717, 1.165) is 38.1 Å². The van der Waals surface area contributed by atoms with Gasteiger partial charge in [-0.05, 0) is 37.8 Å². The monoisotopic (exact) mass is 454 g/mol. The highest BCUT2D eigenvalue weighted by Crippen LogP contribution is 2.33. The van der Waals surface area contributed by atoms with Crippen LogP contribution in [-0.2, 0) is 16.6 Å². The summed E-state index contributed by atoms with van der Waals surface area (Å²) < 4.78 is 12.8. The van der Waals surface area contributed by atoms with Crippen LogP contribution in [0.5, 0.6) is 5.75 Å². The van der Waals surface area contributed by atoms with Gasteiger partial charge in [0.15, 0.2) is 21.3 Å². The first-order valence-electron chi connectivity index (χ1n) is 11.0. The molecule has 1 unspecified atom stereocenters. The van der Waals surface area contributed by atoms with Crippen LogP contribution in [0.3, 0.4) is 0 Å². The molecule has 2 aliphatic heterocycles. The summed E-state index contributed by atoms with van der Waals surface area (Å²) in [5.74, 6) is 1.71. The molecule has 8 nitrogen and oxygen atoms in total. The predicted molar refractivity (Wildman–Crippen MR) is 123 cm³/mol. The highest BCUT2D eigenvalue weighted by Gasteiger charge is 2.33. The second-order valence-electron chi connectivity index (χ2n) is 8.29. The first-order chi connectivity index (χ1) is 15.6. The van der Waals surface area contributed by atoms with Crippen LogP contribution >= 0.6 is 11.3 Å². The highest BCUT2D eigenvalue weighted by molar-refractivity contribution is 7.21. The summed E-state index contributed by atoms with van der Waals surface area (Å²) in [6.45, 7) is 2.13. The van der Waals surface area contributed by atoms with E-state index in [1.54, 1.807) is 11.6 Å². The first-order valence-corrected chi connectivity index (χ1v) is 11.9. The summed E-state index contributed by atoms with van der Waals surface area (Å²) in [6, 6.07) is 9.05. The zero-order valence-corrected chi connectivity index (χ0v) is 18.8. The van der Waals surface area contributed by atoms with Crippen molar-refractivity contribution in [2.75, 3.05) is 31.3 Å². The van der Waals surface area contributed by atoms with Crippen LogP contribution < -0.4 is 15.2 Å². The van der Waals surface area contributed by atoms with Crippen molar-refractivity contribution < 1.29 is 14.3 Å². The van der Waals surface area contributed by atoms with E-state index in [1.807, 2.05) is 35.2 Å². The molecule has 1 aromatic carbocycles. The number of aromatic nitrogens is 3. The van der Waals surface area contributed by atoms with Gasteiger partial charge in [0, 0.05) is 32.7 Å². The predicted octanol–water partition coefficient (Wildman–Crippen LogP) is 2.90. The number of hydrogen-bond acceptors (Lipinski definition) is 8. The molecule has 4 heterocycles. The number of hydrogen-bond donors (Lipinski definition) is 0. The Labute approximate surface area is 189 Å². The molecule has 0 spiro atoms. The molecule has 1 atom stereocenters. The molecule has 2 aromatic heterocycles. The van der Waals surface area contributed by atoms with Crippen molar-refractivity contribution >= 4 is 32.6 Å². The van der Waals surface area contributed by atoms with Gasteiger partial charge >= 0.3 is 0 Å². The van der Waals surface area contributed by atoms with E-state index in [9.17, 15) is 9.59 Å². The second-order valence-corrected chi connectivity index (χ2v) is 9.25. The number of carbonyl (C=O) groups is 1. The minimum absolute atomic E-state index is 0.0178. The maximum Gasteiger partial charge on any atom is 0.280 e. The van der Waals surface area contributed by atoms with E-state index in [2.05, 4.69) is 4.98 Å². The minimum atomic E-state index is -0.293. The van der Waals surface area contributed by atoms with Gasteiger partial charge in [-0.25, -0.2) is 9.97 Å². The number of rotatable bonds is 6. The normalized spacial score (nSPS) is 19.5. The van der Waals surface area contributed by atoms with Crippen LogP contribution in [0.2, 0.25) is 0 Å². The summed E-state index contributed by atoms with van der Waals surface area (Å²) in [6.07, 6.45) is 3.38. The molecule has 2 saturated heterocycles. The number of benzene rings is 1.